The van der Waals surface area contributed by atoms with E-state index in [0.717, 1.165) is 54.4 Å². The minimum Gasteiger partial charge on any atom is -0.493 e. The zero-order valence-corrected chi connectivity index (χ0v) is 25.9. The number of benzene rings is 1. The molecule has 1 aromatic heterocycles. The number of aromatic nitrogens is 1. The molecule has 0 radical (unpaired) electrons. The van der Waals surface area contributed by atoms with Crippen LogP contribution in [0.4, 0.5) is 0 Å². The van der Waals surface area contributed by atoms with E-state index < -0.39 is 0 Å². The number of unbranched alkanes of at least 4 members (excludes halogenated alkanes) is 14. The lowest BCUT2D eigenvalue weighted by atomic mass is 10.0. The quantitative estimate of drug-likeness (QED) is 0.145. The molecule has 1 fully saturated rings. The Morgan fingerprint density at radius 3 is 1.90 bits per heavy atom. The maximum atomic E-state index is 6.08. The predicted molar refractivity (Wildman–Crippen MR) is 168 cm³/mol. The van der Waals surface area contributed by atoms with Gasteiger partial charge >= 0.3 is 0 Å². The van der Waals surface area contributed by atoms with Crippen LogP contribution in [0.15, 0.2) is 36.5 Å². The molecule has 2 aromatic rings. The molecule has 40 heavy (non-hydrogen) atoms. The minimum absolute atomic E-state index is 0.301. The van der Waals surface area contributed by atoms with Gasteiger partial charge in [-0.1, -0.05) is 116 Å². The molecule has 4 heteroatoms. The third-order valence-electron chi connectivity index (χ3n) is 8.22. The molecule has 0 bridgehead atoms. The van der Waals surface area contributed by atoms with Gasteiger partial charge in [0.1, 0.15) is 5.75 Å². The SMILES string of the molecule is CCCCCCCCCCOc1ccc(-c2ccc(C3OCC(CCCCCCCCCC)CO3)cn2)cc1C. The van der Waals surface area contributed by atoms with Crippen molar-refractivity contribution in [3.63, 3.8) is 0 Å². The first-order valence-electron chi connectivity index (χ1n) is 16.6. The summed E-state index contributed by atoms with van der Waals surface area (Å²) in [4.78, 5) is 4.73. The first kappa shape index (κ1) is 32.6. The zero-order valence-electron chi connectivity index (χ0n) is 25.9. The first-order valence-corrected chi connectivity index (χ1v) is 16.6. The molecule has 3 rings (SSSR count). The van der Waals surface area contributed by atoms with Crippen LogP contribution >= 0.6 is 0 Å². The van der Waals surface area contributed by atoms with Gasteiger partial charge in [-0.15, -0.1) is 0 Å². The van der Waals surface area contributed by atoms with Crippen molar-refractivity contribution in [3.05, 3.63) is 47.7 Å². The van der Waals surface area contributed by atoms with Crippen molar-refractivity contribution in [3.8, 4) is 17.0 Å². The number of pyridine rings is 1. The summed E-state index contributed by atoms with van der Waals surface area (Å²) in [5.41, 5.74) is 4.23. The topological polar surface area (TPSA) is 40.6 Å². The molecule has 0 amide bonds. The third-order valence-corrected chi connectivity index (χ3v) is 8.22. The zero-order chi connectivity index (χ0) is 28.3. The van der Waals surface area contributed by atoms with Gasteiger partial charge in [0.2, 0.25) is 0 Å². The van der Waals surface area contributed by atoms with E-state index in [1.54, 1.807) is 0 Å². The Balaban J connectivity index is 1.32. The molecular formula is C36H57NO3. The van der Waals surface area contributed by atoms with Gasteiger partial charge < -0.3 is 14.2 Å². The Labute approximate surface area is 245 Å². The first-order chi connectivity index (χ1) is 19.7. The van der Waals surface area contributed by atoms with Crippen LogP contribution in [0.2, 0.25) is 0 Å². The van der Waals surface area contributed by atoms with Crippen LogP contribution < -0.4 is 4.74 Å². The maximum Gasteiger partial charge on any atom is 0.185 e. The van der Waals surface area contributed by atoms with Gasteiger partial charge in [-0.3, -0.25) is 4.98 Å². The number of rotatable bonds is 21. The van der Waals surface area contributed by atoms with E-state index in [1.165, 1.54) is 103 Å². The summed E-state index contributed by atoms with van der Waals surface area (Å²) in [7, 11) is 0. The van der Waals surface area contributed by atoms with Crippen LogP contribution in [0.25, 0.3) is 11.3 Å². The van der Waals surface area contributed by atoms with Gasteiger partial charge in [-0.05, 0) is 49.6 Å². The number of hydrogen-bond acceptors (Lipinski definition) is 4. The molecular weight excluding hydrogens is 494 g/mol. The third kappa shape index (κ3) is 12.3. The second-order valence-electron chi connectivity index (χ2n) is 11.9. The normalized spacial score (nSPS) is 17.3. The lowest BCUT2D eigenvalue weighted by Crippen LogP contribution is -2.27. The number of aryl methyl sites for hydroxylation is 1. The van der Waals surface area contributed by atoms with Crippen LogP contribution in [0, 0.1) is 12.8 Å². The minimum atomic E-state index is -0.301. The van der Waals surface area contributed by atoms with Crippen LogP contribution in [0.5, 0.6) is 5.75 Å². The summed E-state index contributed by atoms with van der Waals surface area (Å²) in [6, 6.07) is 10.5. The fraction of sp³-hybridized carbons (Fsp3) is 0.694. The van der Waals surface area contributed by atoms with Crippen molar-refractivity contribution in [1.82, 2.24) is 4.98 Å². The average molecular weight is 552 g/mol. The van der Waals surface area contributed by atoms with Gasteiger partial charge in [0.05, 0.1) is 25.5 Å². The highest BCUT2D eigenvalue weighted by atomic mass is 16.7. The van der Waals surface area contributed by atoms with Gasteiger partial charge in [0, 0.05) is 23.2 Å². The van der Waals surface area contributed by atoms with Crippen molar-refractivity contribution in [2.75, 3.05) is 19.8 Å². The van der Waals surface area contributed by atoms with E-state index in [9.17, 15) is 0 Å². The highest BCUT2D eigenvalue weighted by Gasteiger charge is 2.23. The highest BCUT2D eigenvalue weighted by Crippen LogP contribution is 2.30. The van der Waals surface area contributed by atoms with Gasteiger partial charge in [-0.2, -0.15) is 0 Å². The van der Waals surface area contributed by atoms with Crippen molar-refractivity contribution in [2.24, 2.45) is 5.92 Å². The van der Waals surface area contributed by atoms with E-state index in [-0.39, 0.29) is 6.29 Å². The summed E-state index contributed by atoms with van der Waals surface area (Å²) in [6.07, 6.45) is 24.2. The molecule has 2 heterocycles. The summed E-state index contributed by atoms with van der Waals surface area (Å²) >= 11 is 0. The van der Waals surface area contributed by atoms with Crippen LogP contribution in [-0.4, -0.2) is 24.8 Å². The van der Waals surface area contributed by atoms with Crippen molar-refractivity contribution < 1.29 is 14.2 Å². The Bertz CT molecular complexity index is 905. The molecule has 0 saturated carbocycles. The molecule has 0 atom stereocenters. The maximum absolute atomic E-state index is 6.08. The molecule has 1 aliphatic heterocycles. The van der Waals surface area contributed by atoms with E-state index in [4.69, 9.17) is 19.2 Å². The summed E-state index contributed by atoms with van der Waals surface area (Å²) < 4.78 is 18.2. The standard InChI is InChI=1S/C36H57NO3/c1-4-6-8-10-12-14-16-18-20-31-28-39-36(40-29-31)33-21-23-34(37-27-33)32-22-24-35(30(3)26-32)38-25-19-17-15-13-11-9-7-5-2/h21-24,26-27,31,36H,4-20,25,28-29H2,1-3H3. The van der Waals surface area contributed by atoms with Crippen molar-refractivity contribution >= 4 is 0 Å². The van der Waals surface area contributed by atoms with E-state index in [1.807, 2.05) is 6.20 Å². The predicted octanol–water partition coefficient (Wildman–Crippen LogP) is 10.8. The van der Waals surface area contributed by atoms with E-state index in [0.29, 0.717) is 5.92 Å². The smallest absolute Gasteiger partial charge is 0.185 e. The molecule has 0 aliphatic carbocycles. The van der Waals surface area contributed by atoms with Crippen molar-refractivity contribution in [2.45, 2.75) is 136 Å². The molecule has 1 saturated heterocycles. The molecule has 0 unspecified atom stereocenters. The van der Waals surface area contributed by atoms with E-state index >= 15 is 0 Å². The molecule has 1 aromatic carbocycles. The van der Waals surface area contributed by atoms with E-state index in [2.05, 4.69) is 51.1 Å². The molecule has 0 N–H and O–H groups in total. The monoisotopic (exact) mass is 551 g/mol. The Kier molecular flexibility index (Phi) is 16.3. The van der Waals surface area contributed by atoms with Gasteiger partial charge in [0.15, 0.2) is 6.29 Å². The van der Waals surface area contributed by atoms with Gasteiger partial charge in [-0.25, -0.2) is 0 Å². The average Bonchev–Trinajstić information content (AvgIpc) is 2.99. The lowest BCUT2D eigenvalue weighted by Gasteiger charge is -2.29. The number of hydrogen-bond donors (Lipinski definition) is 0. The summed E-state index contributed by atoms with van der Waals surface area (Å²) in [5.74, 6) is 1.50. The lowest BCUT2D eigenvalue weighted by molar-refractivity contribution is -0.206. The summed E-state index contributed by atoms with van der Waals surface area (Å²) in [5, 5.41) is 0. The summed E-state index contributed by atoms with van der Waals surface area (Å²) in [6.45, 7) is 9.02. The molecule has 4 nitrogen and oxygen atoms in total. The largest absolute Gasteiger partial charge is 0.493 e. The van der Waals surface area contributed by atoms with Crippen LogP contribution in [0.3, 0.4) is 0 Å². The Morgan fingerprint density at radius 1 is 0.725 bits per heavy atom. The fourth-order valence-corrected chi connectivity index (χ4v) is 5.57. The molecule has 0 spiro atoms. The van der Waals surface area contributed by atoms with Gasteiger partial charge in [0.25, 0.3) is 0 Å². The second kappa shape index (κ2) is 20.0. The Morgan fingerprint density at radius 2 is 1.32 bits per heavy atom. The van der Waals surface area contributed by atoms with Crippen LogP contribution in [-0.2, 0) is 9.47 Å². The number of ether oxygens (including phenoxy) is 3. The fourth-order valence-electron chi connectivity index (χ4n) is 5.57. The second-order valence-corrected chi connectivity index (χ2v) is 11.9. The Hall–Kier alpha value is -1.91. The molecule has 1 aliphatic rings. The van der Waals surface area contributed by atoms with Crippen LogP contribution in [0.1, 0.15) is 140 Å². The van der Waals surface area contributed by atoms with Crippen molar-refractivity contribution in [1.29, 1.82) is 0 Å². The highest BCUT2D eigenvalue weighted by molar-refractivity contribution is 5.62. The number of nitrogens with zero attached hydrogens (tertiary/aromatic N) is 1. The molecule has 224 valence electrons.